The van der Waals surface area contributed by atoms with Crippen molar-refractivity contribution in [2.24, 2.45) is 5.73 Å². The Kier molecular flexibility index (Phi) is 5.16. The summed E-state index contributed by atoms with van der Waals surface area (Å²) in [5, 5.41) is 9.73. The first kappa shape index (κ1) is 19.5. The number of benzene rings is 2. The number of pyridine rings is 1. The van der Waals surface area contributed by atoms with E-state index in [4.69, 9.17) is 10.5 Å². The molecule has 0 aliphatic carbocycles. The lowest BCUT2D eigenvalue weighted by molar-refractivity contribution is 0.382. The van der Waals surface area contributed by atoms with Crippen LogP contribution in [0.3, 0.4) is 0 Å². The van der Waals surface area contributed by atoms with Crippen LogP contribution < -0.4 is 16.0 Å². The van der Waals surface area contributed by atoms with Gasteiger partial charge in [-0.05, 0) is 31.4 Å². The lowest BCUT2D eigenvalue weighted by Gasteiger charge is -2.27. The van der Waals surface area contributed by atoms with Gasteiger partial charge in [0.05, 0.1) is 17.7 Å². The molecule has 2 N–H and O–H groups in total. The fourth-order valence-corrected chi connectivity index (χ4v) is 3.91. The lowest BCUT2D eigenvalue weighted by Crippen LogP contribution is -2.33. The molecule has 0 radical (unpaired) electrons. The van der Waals surface area contributed by atoms with Crippen LogP contribution in [0.25, 0.3) is 0 Å². The predicted octanol–water partition coefficient (Wildman–Crippen LogP) is 3.93. The predicted molar refractivity (Wildman–Crippen MR) is 116 cm³/mol. The SMILES string of the molecule is Cc1ccc(Cn2c(C)cc3c(c2=O)C(Cc2ccccc2)C(C#N)=C(N)O3)cc1. The molecule has 5 heteroatoms. The second kappa shape index (κ2) is 7.92. The molecular formula is C25H23N3O2. The average Bonchev–Trinajstić information content (AvgIpc) is 2.73. The molecule has 1 aliphatic heterocycles. The van der Waals surface area contributed by atoms with E-state index < -0.39 is 5.92 Å². The summed E-state index contributed by atoms with van der Waals surface area (Å²) >= 11 is 0. The van der Waals surface area contributed by atoms with Crippen LogP contribution in [0, 0.1) is 25.2 Å². The van der Waals surface area contributed by atoms with E-state index in [1.54, 1.807) is 4.57 Å². The summed E-state index contributed by atoms with van der Waals surface area (Å²) < 4.78 is 7.44. The van der Waals surface area contributed by atoms with Crippen molar-refractivity contribution in [1.29, 1.82) is 5.26 Å². The molecule has 30 heavy (non-hydrogen) atoms. The van der Waals surface area contributed by atoms with Gasteiger partial charge in [-0.1, -0.05) is 60.2 Å². The first-order valence-corrected chi connectivity index (χ1v) is 9.89. The number of aryl methyl sites for hydroxylation is 2. The second-order valence-corrected chi connectivity index (χ2v) is 7.67. The molecule has 1 aromatic heterocycles. The van der Waals surface area contributed by atoms with E-state index in [0.717, 1.165) is 16.8 Å². The normalized spacial score (nSPS) is 15.3. The van der Waals surface area contributed by atoms with Crippen molar-refractivity contribution in [2.75, 3.05) is 0 Å². The van der Waals surface area contributed by atoms with E-state index >= 15 is 0 Å². The number of fused-ring (bicyclic) bond motifs is 1. The first-order chi connectivity index (χ1) is 14.5. The van der Waals surface area contributed by atoms with E-state index in [1.807, 2.05) is 74.5 Å². The Labute approximate surface area is 175 Å². The van der Waals surface area contributed by atoms with Gasteiger partial charge in [-0.25, -0.2) is 0 Å². The Bertz CT molecular complexity index is 1220. The second-order valence-electron chi connectivity index (χ2n) is 7.67. The molecule has 0 saturated heterocycles. The van der Waals surface area contributed by atoms with Crippen molar-refractivity contribution in [3.63, 3.8) is 0 Å². The smallest absolute Gasteiger partial charge is 0.258 e. The maximum absolute atomic E-state index is 13.6. The molecule has 150 valence electrons. The minimum Gasteiger partial charge on any atom is -0.440 e. The molecule has 1 unspecified atom stereocenters. The van der Waals surface area contributed by atoms with Gasteiger partial charge in [0.15, 0.2) is 0 Å². The molecule has 0 amide bonds. The van der Waals surface area contributed by atoms with Crippen LogP contribution in [0.1, 0.15) is 33.9 Å². The maximum Gasteiger partial charge on any atom is 0.258 e. The minimum atomic E-state index is -0.446. The zero-order valence-electron chi connectivity index (χ0n) is 17.1. The number of aromatic nitrogens is 1. The maximum atomic E-state index is 13.6. The van der Waals surface area contributed by atoms with Crippen molar-refractivity contribution < 1.29 is 4.74 Å². The average molecular weight is 397 g/mol. The van der Waals surface area contributed by atoms with Gasteiger partial charge in [0.25, 0.3) is 5.56 Å². The Morgan fingerprint density at radius 3 is 2.43 bits per heavy atom. The van der Waals surface area contributed by atoms with Gasteiger partial charge in [0, 0.05) is 17.7 Å². The third kappa shape index (κ3) is 3.60. The van der Waals surface area contributed by atoms with Gasteiger partial charge in [0.1, 0.15) is 11.8 Å². The summed E-state index contributed by atoms with van der Waals surface area (Å²) in [6.45, 7) is 4.37. The fourth-order valence-electron chi connectivity index (χ4n) is 3.91. The third-order valence-corrected chi connectivity index (χ3v) is 5.55. The highest BCUT2D eigenvalue weighted by Gasteiger charge is 2.33. The van der Waals surface area contributed by atoms with Gasteiger partial charge in [0.2, 0.25) is 5.88 Å². The molecule has 0 fully saturated rings. The van der Waals surface area contributed by atoms with Crippen LogP contribution in [0.4, 0.5) is 0 Å². The molecule has 1 aliphatic rings. The number of ether oxygens (including phenoxy) is 1. The van der Waals surface area contributed by atoms with Crippen molar-refractivity contribution in [3.05, 3.63) is 110 Å². The van der Waals surface area contributed by atoms with Crippen LogP contribution in [0.2, 0.25) is 0 Å². The number of hydrogen-bond acceptors (Lipinski definition) is 4. The van der Waals surface area contributed by atoms with E-state index in [1.165, 1.54) is 5.56 Å². The number of hydrogen-bond donors (Lipinski definition) is 1. The van der Waals surface area contributed by atoms with Gasteiger partial charge in [-0.15, -0.1) is 0 Å². The molecular weight excluding hydrogens is 374 g/mol. The molecule has 4 rings (SSSR count). The number of nitrogens with zero attached hydrogens (tertiary/aromatic N) is 2. The van der Waals surface area contributed by atoms with E-state index in [9.17, 15) is 10.1 Å². The van der Waals surface area contributed by atoms with Gasteiger partial charge < -0.3 is 15.0 Å². The highest BCUT2D eigenvalue weighted by Crippen LogP contribution is 2.38. The summed E-state index contributed by atoms with van der Waals surface area (Å²) in [7, 11) is 0. The highest BCUT2D eigenvalue weighted by atomic mass is 16.5. The Balaban J connectivity index is 1.83. The summed E-state index contributed by atoms with van der Waals surface area (Å²) in [5.74, 6) is 0.0645. The molecule has 5 nitrogen and oxygen atoms in total. The van der Waals surface area contributed by atoms with Crippen LogP contribution in [0.5, 0.6) is 5.75 Å². The van der Waals surface area contributed by atoms with Crippen LogP contribution in [-0.2, 0) is 13.0 Å². The van der Waals surface area contributed by atoms with E-state index in [0.29, 0.717) is 29.9 Å². The minimum absolute atomic E-state index is 0.0704. The highest BCUT2D eigenvalue weighted by molar-refractivity contribution is 5.50. The van der Waals surface area contributed by atoms with Crippen LogP contribution in [0.15, 0.2) is 76.9 Å². The number of nitrogens with two attached hydrogens (primary N) is 1. The van der Waals surface area contributed by atoms with Crippen LogP contribution in [-0.4, -0.2) is 4.57 Å². The Morgan fingerprint density at radius 2 is 1.77 bits per heavy atom. The number of rotatable bonds is 4. The zero-order chi connectivity index (χ0) is 21.3. The number of allylic oxidation sites excluding steroid dienone is 1. The van der Waals surface area contributed by atoms with Gasteiger partial charge in [-0.3, -0.25) is 4.79 Å². The molecule has 3 aromatic rings. The van der Waals surface area contributed by atoms with Gasteiger partial charge in [-0.2, -0.15) is 5.26 Å². The lowest BCUT2D eigenvalue weighted by atomic mass is 9.85. The third-order valence-electron chi connectivity index (χ3n) is 5.55. The molecule has 2 heterocycles. The summed E-state index contributed by atoms with van der Waals surface area (Å²) in [4.78, 5) is 13.6. The quantitative estimate of drug-likeness (QED) is 0.723. The number of nitriles is 1. The van der Waals surface area contributed by atoms with E-state index in [-0.39, 0.29) is 11.4 Å². The van der Waals surface area contributed by atoms with E-state index in [2.05, 4.69) is 6.07 Å². The fraction of sp³-hybridized carbons (Fsp3) is 0.200. The molecule has 0 bridgehead atoms. The first-order valence-electron chi connectivity index (χ1n) is 9.89. The Hall–Kier alpha value is -3.78. The molecule has 2 aromatic carbocycles. The molecule has 1 atom stereocenters. The van der Waals surface area contributed by atoms with Crippen molar-refractivity contribution in [3.8, 4) is 11.8 Å². The van der Waals surface area contributed by atoms with Gasteiger partial charge >= 0.3 is 0 Å². The van der Waals surface area contributed by atoms with Crippen LogP contribution >= 0.6 is 0 Å². The van der Waals surface area contributed by atoms with Crippen molar-refractivity contribution in [1.82, 2.24) is 4.57 Å². The largest absolute Gasteiger partial charge is 0.440 e. The van der Waals surface area contributed by atoms with Crippen molar-refractivity contribution in [2.45, 2.75) is 32.7 Å². The summed E-state index contributed by atoms with van der Waals surface area (Å²) in [6, 6.07) is 21.9. The standard InChI is InChI=1S/C25H23N3O2/c1-16-8-10-19(11-9-16)15-28-17(2)12-22-23(25(28)29)20(21(14-26)24(27)30-22)13-18-6-4-3-5-7-18/h3-12,20H,13,15,27H2,1-2H3. The molecule has 0 spiro atoms. The summed E-state index contributed by atoms with van der Waals surface area (Å²) in [6.07, 6.45) is 0.504. The monoisotopic (exact) mass is 397 g/mol. The summed E-state index contributed by atoms with van der Waals surface area (Å²) in [5.41, 5.74) is 10.7. The molecule has 0 saturated carbocycles. The zero-order valence-corrected chi connectivity index (χ0v) is 17.1. The topological polar surface area (TPSA) is 81.0 Å². The van der Waals surface area contributed by atoms with Crippen molar-refractivity contribution >= 4 is 0 Å². The Morgan fingerprint density at radius 1 is 1.07 bits per heavy atom.